The lowest BCUT2D eigenvalue weighted by molar-refractivity contribution is 0.396. The summed E-state index contributed by atoms with van der Waals surface area (Å²) in [7, 11) is 5.12. The van der Waals surface area contributed by atoms with Crippen LogP contribution in [0.4, 0.5) is 0 Å². The summed E-state index contributed by atoms with van der Waals surface area (Å²) in [5.41, 5.74) is 7.17. The molecule has 7 heteroatoms. The average Bonchev–Trinajstić information content (AvgIpc) is 2.89. The van der Waals surface area contributed by atoms with Crippen LogP contribution in [-0.2, 0) is 7.05 Å². The molecule has 0 saturated heterocycles. The monoisotopic (exact) mass is 294 g/mol. The summed E-state index contributed by atoms with van der Waals surface area (Å²) in [4.78, 5) is 4.16. The lowest BCUT2D eigenvalue weighted by atomic mass is 10.1. The van der Waals surface area contributed by atoms with Crippen molar-refractivity contribution in [1.29, 1.82) is 0 Å². The van der Waals surface area contributed by atoms with Gasteiger partial charge in [0.2, 0.25) is 0 Å². The topological polar surface area (TPSA) is 75.2 Å². The van der Waals surface area contributed by atoms with Crippen molar-refractivity contribution >= 4 is 11.8 Å². The van der Waals surface area contributed by atoms with Gasteiger partial charge in [0.25, 0.3) is 0 Å². The Morgan fingerprint density at radius 2 is 2.15 bits per heavy atom. The lowest BCUT2D eigenvalue weighted by Crippen LogP contribution is -2.14. The Hall–Kier alpha value is -1.73. The molecule has 0 saturated carbocycles. The molecule has 2 rings (SSSR count). The largest absolute Gasteiger partial charge is 0.497 e. The van der Waals surface area contributed by atoms with Crippen molar-refractivity contribution in [1.82, 2.24) is 14.8 Å². The Labute approximate surface area is 122 Å². The van der Waals surface area contributed by atoms with Gasteiger partial charge in [-0.15, -0.1) is 0 Å². The van der Waals surface area contributed by atoms with Crippen LogP contribution in [0.2, 0.25) is 0 Å². The van der Waals surface area contributed by atoms with E-state index in [0.717, 1.165) is 22.2 Å². The molecule has 0 fully saturated rings. The summed E-state index contributed by atoms with van der Waals surface area (Å²) in [6, 6.07) is 5.44. The summed E-state index contributed by atoms with van der Waals surface area (Å²) in [6.45, 7) is 0. The molecule has 1 aromatic heterocycles. The highest BCUT2D eigenvalue weighted by molar-refractivity contribution is 7.99. The van der Waals surface area contributed by atoms with Gasteiger partial charge < -0.3 is 15.2 Å². The smallest absolute Gasteiger partial charge is 0.185 e. The van der Waals surface area contributed by atoms with E-state index in [1.807, 2.05) is 25.2 Å². The minimum Gasteiger partial charge on any atom is -0.497 e. The third-order valence-electron chi connectivity index (χ3n) is 2.90. The van der Waals surface area contributed by atoms with Crippen molar-refractivity contribution in [2.75, 3.05) is 20.0 Å². The van der Waals surface area contributed by atoms with Gasteiger partial charge in [-0.2, -0.15) is 5.10 Å². The van der Waals surface area contributed by atoms with Crippen LogP contribution in [0.25, 0.3) is 0 Å². The van der Waals surface area contributed by atoms with Gasteiger partial charge in [-0.05, 0) is 18.2 Å². The van der Waals surface area contributed by atoms with E-state index >= 15 is 0 Å². The second kappa shape index (κ2) is 6.62. The summed E-state index contributed by atoms with van der Waals surface area (Å²) in [6.07, 6.45) is 1.53. The third-order valence-corrected chi connectivity index (χ3v) is 4.05. The van der Waals surface area contributed by atoms with E-state index in [9.17, 15) is 0 Å². The van der Waals surface area contributed by atoms with Gasteiger partial charge in [0.15, 0.2) is 5.16 Å². The number of methoxy groups -OCH3 is 2. The number of hydrogen-bond acceptors (Lipinski definition) is 6. The molecular weight excluding hydrogens is 276 g/mol. The fourth-order valence-corrected chi connectivity index (χ4v) is 2.66. The molecule has 20 heavy (non-hydrogen) atoms. The molecule has 0 aliphatic rings. The first-order chi connectivity index (χ1) is 9.65. The molecule has 1 aromatic carbocycles. The van der Waals surface area contributed by atoms with Gasteiger partial charge in [-0.25, -0.2) is 9.67 Å². The number of nitrogens with zero attached hydrogens (tertiary/aromatic N) is 3. The van der Waals surface area contributed by atoms with E-state index in [4.69, 9.17) is 15.2 Å². The van der Waals surface area contributed by atoms with Gasteiger partial charge in [0.1, 0.15) is 17.8 Å². The number of thioether (sulfide) groups is 1. The van der Waals surface area contributed by atoms with E-state index in [1.165, 1.54) is 6.33 Å². The van der Waals surface area contributed by atoms with Gasteiger partial charge in [0.05, 0.1) is 14.2 Å². The Bertz CT molecular complexity index is 573. The standard InChI is InChI=1S/C13H18N4O2S/c1-17-13(15-8-16-17)20-7-11(14)10-6-9(18-2)4-5-12(10)19-3/h4-6,8,11H,7,14H2,1-3H3. The van der Waals surface area contributed by atoms with Crippen LogP contribution in [0.1, 0.15) is 11.6 Å². The predicted molar refractivity (Wildman–Crippen MR) is 78.2 cm³/mol. The zero-order valence-corrected chi connectivity index (χ0v) is 12.6. The maximum Gasteiger partial charge on any atom is 0.185 e. The summed E-state index contributed by atoms with van der Waals surface area (Å²) < 4.78 is 12.3. The molecule has 2 aromatic rings. The third kappa shape index (κ3) is 3.23. The number of ether oxygens (including phenoxy) is 2. The predicted octanol–water partition coefficient (Wildman–Crippen LogP) is 1.62. The van der Waals surface area contributed by atoms with E-state index in [1.54, 1.807) is 30.7 Å². The van der Waals surface area contributed by atoms with Gasteiger partial charge >= 0.3 is 0 Å². The Morgan fingerprint density at radius 3 is 2.75 bits per heavy atom. The van der Waals surface area contributed by atoms with Gasteiger partial charge in [-0.3, -0.25) is 0 Å². The first-order valence-electron chi connectivity index (χ1n) is 6.10. The zero-order chi connectivity index (χ0) is 14.5. The molecule has 0 aliphatic carbocycles. The molecule has 0 bridgehead atoms. The molecule has 1 heterocycles. The highest BCUT2D eigenvalue weighted by Gasteiger charge is 2.15. The van der Waals surface area contributed by atoms with E-state index in [2.05, 4.69) is 10.1 Å². The molecule has 6 nitrogen and oxygen atoms in total. The van der Waals surface area contributed by atoms with Crippen LogP contribution >= 0.6 is 11.8 Å². The fourth-order valence-electron chi connectivity index (χ4n) is 1.80. The average molecular weight is 294 g/mol. The Morgan fingerprint density at radius 1 is 1.35 bits per heavy atom. The maximum atomic E-state index is 6.25. The number of aryl methyl sites for hydroxylation is 1. The fraction of sp³-hybridized carbons (Fsp3) is 0.385. The van der Waals surface area contributed by atoms with Crippen LogP contribution in [0.5, 0.6) is 11.5 Å². The number of aromatic nitrogens is 3. The number of nitrogens with two attached hydrogens (primary N) is 1. The first-order valence-corrected chi connectivity index (χ1v) is 7.08. The van der Waals surface area contributed by atoms with Crippen LogP contribution in [0.3, 0.4) is 0 Å². The maximum absolute atomic E-state index is 6.25. The van der Waals surface area contributed by atoms with Crippen LogP contribution in [0.15, 0.2) is 29.7 Å². The normalized spacial score (nSPS) is 12.2. The quantitative estimate of drug-likeness (QED) is 0.816. The lowest BCUT2D eigenvalue weighted by Gasteiger charge is -2.16. The molecule has 2 N–H and O–H groups in total. The van der Waals surface area contributed by atoms with Crippen LogP contribution in [0, 0.1) is 0 Å². The van der Waals surface area contributed by atoms with Gasteiger partial charge in [0, 0.05) is 24.4 Å². The van der Waals surface area contributed by atoms with E-state index in [0.29, 0.717) is 5.75 Å². The molecule has 0 radical (unpaired) electrons. The zero-order valence-electron chi connectivity index (χ0n) is 11.7. The Balaban J connectivity index is 2.11. The van der Waals surface area contributed by atoms with E-state index < -0.39 is 0 Å². The van der Waals surface area contributed by atoms with Crippen LogP contribution < -0.4 is 15.2 Å². The molecule has 0 spiro atoms. The second-order valence-corrected chi connectivity index (χ2v) is 5.18. The van der Waals surface area contributed by atoms with Crippen molar-refractivity contribution in [2.24, 2.45) is 12.8 Å². The second-order valence-electron chi connectivity index (χ2n) is 4.19. The first kappa shape index (κ1) is 14.7. The SMILES string of the molecule is COc1ccc(OC)c(C(N)CSc2ncnn2C)c1. The van der Waals surface area contributed by atoms with Crippen molar-refractivity contribution in [2.45, 2.75) is 11.2 Å². The Kier molecular flexibility index (Phi) is 4.86. The summed E-state index contributed by atoms with van der Waals surface area (Å²) in [5, 5.41) is 4.86. The molecule has 0 amide bonds. The summed E-state index contributed by atoms with van der Waals surface area (Å²) >= 11 is 1.56. The summed E-state index contributed by atoms with van der Waals surface area (Å²) in [5.74, 6) is 2.20. The molecule has 1 unspecified atom stereocenters. The highest BCUT2D eigenvalue weighted by atomic mass is 32.2. The molecule has 108 valence electrons. The van der Waals surface area contributed by atoms with Crippen molar-refractivity contribution < 1.29 is 9.47 Å². The van der Waals surface area contributed by atoms with Gasteiger partial charge in [-0.1, -0.05) is 11.8 Å². The number of benzene rings is 1. The number of rotatable bonds is 6. The van der Waals surface area contributed by atoms with Crippen molar-refractivity contribution in [3.8, 4) is 11.5 Å². The van der Waals surface area contributed by atoms with Crippen LogP contribution in [-0.4, -0.2) is 34.7 Å². The highest BCUT2D eigenvalue weighted by Crippen LogP contribution is 2.31. The number of hydrogen-bond donors (Lipinski definition) is 1. The minimum atomic E-state index is -0.179. The molecule has 1 atom stereocenters. The molecule has 0 aliphatic heterocycles. The van der Waals surface area contributed by atoms with Crippen molar-refractivity contribution in [3.63, 3.8) is 0 Å². The van der Waals surface area contributed by atoms with Crippen molar-refractivity contribution in [3.05, 3.63) is 30.1 Å². The van der Waals surface area contributed by atoms with E-state index in [-0.39, 0.29) is 6.04 Å². The molecular formula is C13H18N4O2S. The minimum absolute atomic E-state index is 0.179.